The van der Waals surface area contributed by atoms with Crippen molar-refractivity contribution in [3.05, 3.63) is 29.3 Å². The number of carboxylic acids is 1. The summed E-state index contributed by atoms with van der Waals surface area (Å²) >= 11 is 0. The zero-order valence-corrected chi connectivity index (χ0v) is 6.63. The first kappa shape index (κ1) is 10.4. The Morgan fingerprint density at radius 3 is 2.29 bits per heavy atom. The van der Waals surface area contributed by atoms with Gasteiger partial charge in [-0.05, 0) is 6.07 Å². The highest BCUT2D eigenvalue weighted by molar-refractivity contribution is 5.92. The monoisotopic (exact) mass is 205 g/mol. The number of hydrogen-bond donors (Lipinski definition) is 1. The number of aromatic carboxylic acids is 1. The van der Waals surface area contributed by atoms with E-state index >= 15 is 0 Å². The van der Waals surface area contributed by atoms with E-state index in [-0.39, 0.29) is 0 Å². The lowest BCUT2D eigenvalue weighted by Gasteiger charge is -2.15. The molecule has 3 nitrogen and oxygen atoms in total. The van der Waals surface area contributed by atoms with Gasteiger partial charge in [0.1, 0.15) is 0 Å². The van der Waals surface area contributed by atoms with E-state index in [1.807, 2.05) is 0 Å². The van der Waals surface area contributed by atoms with E-state index in [9.17, 15) is 23.1 Å². The van der Waals surface area contributed by atoms with E-state index in [1.54, 1.807) is 0 Å². The molecule has 0 aliphatic heterocycles. The standard InChI is InChI=1S/C8H5F3O3/c9-8(10,11)4-2-1-3-5(12)6(4)7(13)14/h1-3,12H,(H,13,14)/p-1. The molecule has 1 N–H and O–H groups in total. The molecule has 76 valence electrons. The first-order chi connectivity index (χ1) is 6.34. The summed E-state index contributed by atoms with van der Waals surface area (Å²) in [5.74, 6) is -3.02. The van der Waals surface area contributed by atoms with Crippen LogP contribution >= 0.6 is 0 Å². The van der Waals surface area contributed by atoms with E-state index < -0.39 is 29.0 Å². The van der Waals surface area contributed by atoms with E-state index in [1.165, 1.54) is 0 Å². The molecule has 0 spiro atoms. The van der Waals surface area contributed by atoms with Crippen molar-refractivity contribution in [2.24, 2.45) is 0 Å². The van der Waals surface area contributed by atoms with E-state index in [4.69, 9.17) is 5.11 Å². The Labute approximate surface area is 76.4 Å². The molecule has 0 fully saturated rings. The molecule has 6 heteroatoms. The molecule has 14 heavy (non-hydrogen) atoms. The molecule has 0 bridgehead atoms. The summed E-state index contributed by atoms with van der Waals surface area (Å²) < 4.78 is 36.6. The van der Waals surface area contributed by atoms with Gasteiger partial charge in [0.25, 0.3) is 0 Å². The van der Waals surface area contributed by atoms with E-state index in [2.05, 4.69) is 0 Å². The van der Waals surface area contributed by atoms with Crippen molar-refractivity contribution in [2.45, 2.75) is 6.18 Å². The molecule has 1 aromatic rings. The molecule has 0 radical (unpaired) electrons. The second-order valence-corrected chi connectivity index (χ2v) is 2.48. The molecule has 1 rings (SSSR count). The minimum absolute atomic E-state index is 0.560. The van der Waals surface area contributed by atoms with Gasteiger partial charge < -0.3 is 10.2 Å². The normalized spacial score (nSPS) is 11.4. The Bertz CT molecular complexity index is 371. The van der Waals surface area contributed by atoms with Crippen molar-refractivity contribution in [3.8, 4) is 5.75 Å². The van der Waals surface area contributed by atoms with Crippen LogP contribution in [-0.4, -0.2) is 11.1 Å². The Hall–Kier alpha value is -1.72. The maximum atomic E-state index is 12.2. The topological polar surface area (TPSA) is 60.4 Å². The van der Waals surface area contributed by atoms with Crippen molar-refractivity contribution in [1.82, 2.24) is 0 Å². The zero-order chi connectivity index (χ0) is 10.9. The molecule has 1 aromatic carbocycles. The highest BCUT2D eigenvalue weighted by Gasteiger charge is 2.35. The van der Waals surface area contributed by atoms with Gasteiger partial charge in [0.2, 0.25) is 0 Å². The number of rotatable bonds is 1. The van der Waals surface area contributed by atoms with Crippen LogP contribution in [0.3, 0.4) is 0 Å². The summed E-state index contributed by atoms with van der Waals surface area (Å²) in [5, 5.41) is 19.3. The van der Waals surface area contributed by atoms with Crippen LogP contribution in [0.1, 0.15) is 15.9 Å². The van der Waals surface area contributed by atoms with E-state index in [0.717, 1.165) is 12.1 Å². The fourth-order valence-electron chi connectivity index (χ4n) is 0.988. The number of benzene rings is 1. The highest BCUT2D eigenvalue weighted by atomic mass is 19.4. The molecule has 0 amide bonds. The third-order valence-corrected chi connectivity index (χ3v) is 1.55. The van der Waals surface area contributed by atoms with E-state index in [0.29, 0.717) is 6.07 Å². The lowest BCUT2D eigenvalue weighted by Crippen LogP contribution is -2.15. The average Bonchev–Trinajstić information content (AvgIpc) is 2.01. The van der Waals surface area contributed by atoms with Crippen LogP contribution in [0.15, 0.2) is 18.2 Å². The Morgan fingerprint density at radius 1 is 1.36 bits per heavy atom. The van der Waals surface area contributed by atoms with Gasteiger partial charge in [-0.25, -0.2) is 4.79 Å². The molecule has 0 aliphatic rings. The Balaban J connectivity index is 3.44. The number of hydrogen-bond acceptors (Lipinski definition) is 2. The summed E-state index contributed by atoms with van der Waals surface area (Å²) in [7, 11) is 0. The van der Waals surface area contributed by atoms with Gasteiger partial charge >= 0.3 is 12.1 Å². The molecule has 0 saturated heterocycles. The maximum absolute atomic E-state index is 12.2. The summed E-state index contributed by atoms with van der Waals surface area (Å²) in [6.07, 6.45) is -4.83. The van der Waals surface area contributed by atoms with Crippen molar-refractivity contribution in [3.63, 3.8) is 0 Å². The highest BCUT2D eigenvalue weighted by Crippen LogP contribution is 2.34. The zero-order valence-electron chi connectivity index (χ0n) is 6.63. The summed E-state index contributed by atoms with van der Waals surface area (Å²) in [5.41, 5.74) is -2.66. The van der Waals surface area contributed by atoms with Crippen molar-refractivity contribution < 1.29 is 28.2 Å². The molecule has 0 heterocycles. The number of halogens is 3. The van der Waals surface area contributed by atoms with Crippen LogP contribution < -0.4 is 5.11 Å². The van der Waals surface area contributed by atoms with Crippen LogP contribution in [0.2, 0.25) is 0 Å². The Morgan fingerprint density at radius 2 is 1.93 bits per heavy atom. The average molecular weight is 205 g/mol. The molecule has 0 atom stereocenters. The first-order valence-corrected chi connectivity index (χ1v) is 3.44. The van der Waals surface area contributed by atoms with Crippen molar-refractivity contribution in [2.75, 3.05) is 0 Å². The van der Waals surface area contributed by atoms with Gasteiger partial charge in [-0.2, -0.15) is 13.2 Å². The minimum Gasteiger partial charge on any atom is -0.872 e. The largest absolute Gasteiger partial charge is 0.872 e. The predicted octanol–water partition coefficient (Wildman–Crippen LogP) is 1.48. The first-order valence-electron chi connectivity index (χ1n) is 3.44. The van der Waals surface area contributed by atoms with Crippen molar-refractivity contribution >= 4 is 5.97 Å². The quantitative estimate of drug-likeness (QED) is 0.755. The van der Waals surface area contributed by atoms with Gasteiger partial charge in [-0.15, -0.1) is 0 Å². The SMILES string of the molecule is O=C(O)c1c([O-])cccc1C(F)(F)F. The number of alkyl halides is 3. The van der Waals surface area contributed by atoms with Gasteiger partial charge in [0.15, 0.2) is 0 Å². The Kier molecular flexibility index (Phi) is 2.37. The number of carboxylic acid groups (broad SMARTS) is 1. The van der Waals surface area contributed by atoms with Gasteiger partial charge in [-0.1, -0.05) is 17.9 Å². The van der Waals surface area contributed by atoms with Crippen LogP contribution in [0.25, 0.3) is 0 Å². The van der Waals surface area contributed by atoms with Gasteiger partial charge in [0.05, 0.1) is 11.1 Å². The molecular weight excluding hydrogens is 201 g/mol. The molecule has 0 aliphatic carbocycles. The van der Waals surface area contributed by atoms with Gasteiger partial charge in [0, 0.05) is 0 Å². The van der Waals surface area contributed by atoms with Gasteiger partial charge in [-0.3, -0.25) is 0 Å². The second kappa shape index (κ2) is 3.21. The minimum atomic E-state index is -4.83. The third-order valence-electron chi connectivity index (χ3n) is 1.55. The third kappa shape index (κ3) is 1.78. The van der Waals surface area contributed by atoms with Crippen LogP contribution in [-0.2, 0) is 6.18 Å². The van der Waals surface area contributed by atoms with Crippen molar-refractivity contribution in [1.29, 1.82) is 0 Å². The fraction of sp³-hybridized carbons (Fsp3) is 0.125. The summed E-state index contributed by atoms with van der Waals surface area (Å²) in [6, 6.07) is 2.21. The van der Waals surface area contributed by atoms with Crippen LogP contribution in [0.5, 0.6) is 5.75 Å². The smallest absolute Gasteiger partial charge is 0.417 e. The molecule has 0 aromatic heterocycles. The summed E-state index contributed by atoms with van der Waals surface area (Å²) in [4.78, 5) is 10.4. The summed E-state index contributed by atoms with van der Waals surface area (Å²) in [6.45, 7) is 0. The number of carbonyl (C=O) groups is 1. The maximum Gasteiger partial charge on any atom is 0.417 e. The molecular formula is C8H4F3O3-. The fourth-order valence-corrected chi connectivity index (χ4v) is 0.988. The van der Waals surface area contributed by atoms with Crippen LogP contribution in [0.4, 0.5) is 13.2 Å². The van der Waals surface area contributed by atoms with Crippen LogP contribution in [0, 0.1) is 0 Å². The molecule has 0 saturated carbocycles. The second-order valence-electron chi connectivity index (χ2n) is 2.48. The lowest BCUT2D eigenvalue weighted by molar-refractivity contribution is -0.269. The molecule has 0 unspecified atom stereocenters. The lowest BCUT2D eigenvalue weighted by atomic mass is 10.1. The predicted molar refractivity (Wildman–Crippen MR) is 37.8 cm³/mol.